The lowest BCUT2D eigenvalue weighted by Gasteiger charge is -2.16. The van der Waals surface area contributed by atoms with Gasteiger partial charge >= 0.3 is 11.9 Å². The number of carbonyl (C=O) groups is 2. The molecule has 142 valence electrons. The van der Waals surface area contributed by atoms with Crippen LogP contribution >= 0.6 is 0 Å². The Bertz CT molecular complexity index is 315. The summed E-state index contributed by atoms with van der Waals surface area (Å²) in [6.45, 7) is 5.00. The minimum atomic E-state index is -0.181. The highest BCUT2D eigenvalue weighted by molar-refractivity contribution is 5.69. The zero-order valence-corrected chi connectivity index (χ0v) is 16.1. The van der Waals surface area contributed by atoms with Crippen LogP contribution in [-0.4, -0.2) is 25.7 Å². The third-order valence-electron chi connectivity index (χ3n) is 4.40. The third kappa shape index (κ3) is 14.5. The number of carbonyl (C=O) groups excluding carboxylic acids is 2. The topological polar surface area (TPSA) is 52.6 Å². The molecule has 0 aromatic heterocycles. The summed E-state index contributed by atoms with van der Waals surface area (Å²) in [5, 5.41) is 0. The van der Waals surface area contributed by atoms with Crippen molar-refractivity contribution in [3.8, 4) is 0 Å². The minimum Gasteiger partial charge on any atom is -0.469 e. The van der Waals surface area contributed by atoms with Crippen molar-refractivity contribution >= 4 is 11.9 Å². The highest BCUT2D eigenvalue weighted by Gasteiger charge is 2.12. The van der Waals surface area contributed by atoms with Crippen molar-refractivity contribution < 1.29 is 19.1 Å². The molecule has 0 saturated carbocycles. The number of rotatable bonds is 16. The molecule has 0 amide bonds. The monoisotopic (exact) mass is 342 g/mol. The second-order valence-corrected chi connectivity index (χ2v) is 6.68. The van der Waals surface area contributed by atoms with E-state index < -0.39 is 0 Å². The summed E-state index contributed by atoms with van der Waals surface area (Å²) in [7, 11) is 1.40. The molecular formula is C20H38O4. The molecule has 0 N–H and O–H groups in total. The Morgan fingerprint density at radius 2 is 1.33 bits per heavy atom. The fourth-order valence-electron chi connectivity index (χ4n) is 2.76. The maximum Gasteiger partial charge on any atom is 0.305 e. The van der Waals surface area contributed by atoms with Crippen LogP contribution in [0.1, 0.15) is 97.3 Å². The fraction of sp³-hybridized carbons (Fsp3) is 0.900. The van der Waals surface area contributed by atoms with Crippen LogP contribution in [0.2, 0.25) is 0 Å². The van der Waals surface area contributed by atoms with Crippen LogP contribution in [0.5, 0.6) is 0 Å². The zero-order valence-electron chi connectivity index (χ0n) is 16.1. The van der Waals surface area contributed by atoms with E-state index in [0.717, 1.165) is 25.7 Å². The molecule has 1 atom stereocenters. The van der Waals surface area contributed by atoms with Crippen molar-refractivity contribution in [2.45, 2.75) is 97.3 Å². The molecule has 0 fully saturated rings. The van der Waals surface area contributed by atoms with Crippen molar-refractivity contribution in [1.82, 2.24) is 0 Å². The predicted molar refractivity (Wildman–Crippen MR) is 97.8 cm³/mol. The largest absolute Gasteiger partial charge is 0.469 e. The SMILES string of the molecule is CCCCCCC(CCCC)COC(=O)CCCCCC(=O)OC. The van der Waals surface area contributed by atoms with E-state index in [9.17, 15) is 9.59 Å². The van der Waals surface area contributed by atoms with Crippen molar-refractivity contribution in [2.75, 3.05) is 13.7 Å². The molecule has 0 aromatic carbocycles. The number of methoxy groups -OCH3 is 1. The van der Waals surface area contributed by atoms with Crippen LogP contribution in [0.4, 0.5) is 0 Å². The van der Waals surface area contributed by atoms with Crippen molar-refractivity contribution in [1.29, 1.82) is 0 Å². The van der Waals surface area contributed by atoms with E-state index in [4.69, 9.17) is 4.74 Å². The second-order valence-electron chi connectivity index (χ2n) is 6.68. The quantitative estimate of drug-likeness (QED) is 0.277. The van der Waals surface area contributed by atoms with Gasteiger partial charge in [0.25, 0.3) is 0 Å². The molecule has 0 aliphatic heterocycles. The van der Waals surface area contributed by atoms with E-state index in [1.807, 2.05) is 0 Å². The first-order valence-electron chi connectivity index (χ1n) is 9.86. The molecule has 0 aromatic rings. The average molecular weight is 343 g/mol. The molecule has 4 nitrogen and oxygen atoms in total. The number of hydrogen-bond donors (Lipinski definition) is 0. The summed E-state index contributed by atoms with van der Waals surface area (Å²) in [5.41, 5.74) is 0. The average Bonchev–Trinajstić information content (AvgIpc) is 2.59. The Morgan fingerprint density at radius 1 is 0.750 bits per heavy atom. The first-order chi connectivity index (χ1) is 11.6. The normalized spacial score (nSPS) is 12.0. The lowest BCUT2D eigenvalue weighted by Crippen LogP contribution is -2.14. The first kappa shape index (κ1) is 22.9. The molecule has 4 heteroatoms. The van der Waals surface area contributed by atoms with Crippen molar-refractivity contribution in [3.05, 3.63) is 0 Å². The second kappa shape index (κ2) is 16.8. The molecule has 0 rings (SSSR count). The number of ether oxygens (including phenoxy) is 2. The third-order valence-corrected chi connectivity index (χ3v) is 4.40. The standard InChI is InChI=1S/C20H38O4/c1-4-6-8-10-14-18(13-7-5-2)17-24-20(22)16-12-9-11-15-19(21)23-3/h18H,4-17H2,1-3H3. The number of unbranched alkanes of at least 4 members (excludes halogenated alkanes) is 6. The summed E-state index contributed by atoms with van der Waals surface area (Å²) in [5.74, 6) is 0.243. The molecule has 0 heterocycles. The molecule has 0 radical (unpaired) electrons. The van der Waals surface area contributed by atoms with Gasteiger partial charge in [0, 0.05) is 12.8 Å². The highest BCUT2D eigenvalue weighted by atomic mass is 16.5. The Balaban J connectivity index is 3.79. The smallest absolute Gasteiger partial charge is 0.305 e. The van der Waals surface area contributed by atoms with Crippen molar-refractivity contribution in [2.24, 2.45) is 5.92 Å². The summed E-state index contributed by atoms with van der Waals surface area (Å²) in [4.78, 5) is 22.8. The van der Waals surface area contributed by atoms with Crippen LogP contribution in [0.15, 0.2) is 0 Å². The molecule has 24 heavy (non-hydrogen) atoms. The van der Waals surface area contributed by atoms with E-state index in [0.29, 0.717) is 25.4 Å². The van der Waals surface area contributed by atoms with Gasteiger partial charge in [-0.05, 0) is 31.6 Å². The van der Waals surface area contributed by atoms with Gasteiger partial charge in [0.15, 0.2) is 0 Å². The lowest BCUT2D eigenvalue weighted by atomic mass is 9.96. The van der Waals surface area contributed by atoms with Gasteiger partial charge < -0.3 is 9.47 Å². The summed E-state index contributed by atoms with van der Waals surface area (Å²) in [6, 6.07) is 0. The van der Waals surface area contributed by atoms with Gasteiger partial charge in [-0.1, -0.05) is 58.8 Å². The first-order valence-corrected chi connectivity index (χ1v) is 9.86. The van der Waals surface area contributed by atoms with Crippen LogP contribution in [0.3, 0.4) is 0 Å². The predicted octanol–water partition coefficient (Wildman–Crippen LogP) is 5.43. The van der Waals surface area contributed by atoms with E-state index in [1.54, 1.807) is 0 Å². The van der Waals surface area contributed by atoms with Gasteiger partial charge in [-0.15, -0.1) is 0 Å². The zero-order chi connectivity index (χ0) is 18.0. The molecule has 0 bridgehead atoms. The van der Waals surface area contributed by atoms with Gasteiger partial charge in [-0.25, -0.2) is 0 Å². The van der Waals surface area contributed by atoms with Gasteiger partial charge in [-0.2, -0.15) is 0 Å². The number of hydrogen-bond acceptors (Lipinski definition) is 4. The van der Waals surface area contributed by atoms with Crippen LogP contribution in [0, 0.1) is 5.92 Å². The maximum absolute atomic E-state index is 11.8. The minimum absolute atomic E-state index is 0.0943. The Labute approximate surface area is 148 Å². The molecule has 0 saturated heterocycles. The van der Waals surface area contributed by atoms with Crippen molar-refractivity contribution in [3.63, 3.8) is 0 Å². The van der Waals surface area contributed by atoms with E-state index in [-0.39, 0.29) is 11.9 Å². The lowest BCUT2D eigenvalue weighted by molar-refractivity contribution is -0.145. The molecule has 0 spiro atoms. The van der Waals surface area contributed by atoms with Gasteiger partial charge in [0.1, 0.15) is 0 Å². The van der Waals surface area contributed by atoms with E-state index in [1.165, 1.54) is 52.1 Å². The number of esters is 2. The van der Waals surface area contributed by atoms with Crippen LogP contribution in [0.25, 0.3) is 0 Å². The summed E-state index contributed by atoms with van der Waals surface area (Å²) >= 11 is 0. The Kier molecular flexibility index (Phi) is 16.0. The van der Waals surface area contributed by atoms with Gasteiger partial charge in [-0.3, -0.25) is 9.59 Å². The van der Waals surface area contributed by atoms with E-state index in [2.05, 4.69) is 18.6 Å². The Hall–Kier alpha value is -1.06. The maximum atomic E-state index is 11.8. The molecule has 1 unspecified atom stereocenters. The fourth-order valence-corrected chi connectivity index (χ4v) is 2.76. The van der Waals surface area contributed by atoms with Gasteiger partial charge in [0.05, 0.1) is 13.7 Å². The van der Waals surface area contributed by atoms with Crippen LogP contribution in [-0.2, 0) is 19.1 Å². The summed E-state index contributed by atoms with van der Waals surface area (Å²) < 4.78 is 10.1. The molecule has 0 aliphatic carbocycles. The van der Waals surface area contributed by atoms with Crippen LogP contribution < -0.4 is 0 Å². The Morgan fingerprint density at radius 3 is 1.96 bits per heavy atom. The van der Waals surface area contributed by atoms with Gasteiger partial charge in [0.2, 0.25) is 0 Å². The van der Waals surface area contributed by atoms with E-state index >= 15 is 0 Å². The summed E-state index contributed by atoms with van der Waals surface area (Å²) in [6.07, 6.45) is 13.1. The molecular weight excluding hydrogens is 304 g/mol. The highest BCUT2D eigenvalue weighted by Crippen LogP contribution is 2.18. The molecule has 0 aliphatic rings.